The molecule has 0 heterocycles. The van der Waals surface area contributed by atoms with Crippen LogP contribution in [0.15, 0.2) is 170 Å². The lowest BCUT2D eigenvalue weighted by molar-refractivity contribution is -0.161. The predicted octanol–water partition coefficient (Wildman–Crippen LogP) is 20.6. The molecule has 0 aliphatic heterocycles. The van der Waals surface area contributed by atoms with Gasteiger partial charge in [-0.05, 0) is 135 Å². The molecular weight excluding hydrogens is 1030 g/mol. The molecule has 2 atom stereocenters. The van der Waals surface area contributed by atoms with Gasteiger partial charge in [-0.2, -0.15) is 0 Å². The quantitative estimate of drug-likeness (QED) is 0.0264. The van der Waals surface area contributed by atoms with Crippen LogP contribution in [0.5, 0.6) is 0 Å². The molecule has 3 N–H and O–H groups in total. The van der Waals surface area contributed by atoms with Crippen LogP contribution in [0.2, 0.25) is 0 Å². The van der Waals surface area contributed by atoms with Gasteiger partial charge >= 0.3 is 19.8 Å². The minimum absolute atomic E-state index is 0.0370. The molecule has 9 nitrogen and oxygen atoms in total. The van der Waals surface area contributed by atoms with Gasteiger partial charge in [0.2, 0.25) is 0 Å². The third-order valence-electron chi connectivity index (χ3n) is 12.6. The van der Waals surface area contributed by atoms with Gasteiger partial charge in [0.05, 0.1) is 13.2 Å². The fraction of sp³-hybridized carbons (Fsp3) is 0.577. The molecular formula is C71H114NO8P. The minimum atomic E-state index is -4.42. The van der Waals surface area contributed by atoms with Gasteiger partial charge in [-0.1, -0.05) is 255 Å². The zero-order chi connectivity index (χ0) is 58.7. The van der Waals surface area contributed by atoms with Crippen LogP contribution < -0.4 is 5.73 Å². The summed E-state index contributed by atoms with van der Waals surface area (Å²) in [5.41, 5.74) is 5.38. The number of nitrogens with two attached hydrogens (primary N) is 1. The van der Waals surface area contributed by atoms with Crippen LogP contribution in [0.25, 0.3) is 0 Å². The zero-order valence-corrected chi connectivity index (χ0v) is 51.8. The summed E-state index contributed by atoms with van der Waals surface area (Å²) in [5, 5.41) is 0. The Morgan fingerprint density at radius 3 is 1.02 bits per heavy atom. The average Bonchev–Trinajstić information content (AvgIpc) is 3.46. The van der Waals surface area contributed by atoms with Gasteiger partial charge in [0, 0.05) is 19.4 Å². The first-order chi connectivity index (χ1) is 39.8. The lowest BCUT2D eigenvalue weighted by atomic mass is 10.1. The van der Waals surface area contributed by atoms with Crippen molar-refractivity contribution in [3.63, 3.8) is 0 Å². The van der Waals surface area contributed by atoms with Gasteiger partial charge < -0.3 is 20.1 Å². The van der Waals surface area contributed by atoms with Crippen LogP contribution in [0.3, 0.4) is 0 Å². The van der Waals surface area contributed by atoms with Gasteiger partial charge in [0.15, 0.2) is 6.10 Å². The number of hydrogen-bond acceptors (Lipinski definition) is 8. The summed E-state index contributed by atoms with van der Waals surface area (Å²) in [7, 11) is -4.42. The van der Waals surface area contributed by atoms with E-state index in [1.54, 1.807) is 0 Å². The molecule has 0 spiro atoms. The van der Waals surface area contributed by atoms with Crippen molar-refractivity contribution >= 4 is 19.8 Å². The van der Waals surface area contributed by atoms with Crippen molar-refractivity contribution in [1.29, 1.82) is 0 Å². The molecule has 0 radical (unpaired) electrons. The van der Waals surface area contributed by atoms with Crippen molar-refractivity contribution in [3.8, 4) is 0 Å². The van der Waals surface area contributed by atoms with Crippen molar-refractivity contribution in [2.24, 2.45) is 5.73 Å². The Kier molecular flexibility index (Phi) is 60.8. The Labute approximate surface area is 495 Å². The van der Waals surface area contributed by atoms with Gasteiger partial charge in [-0.25, -0.2) is 4.57 Å². The van der Waals surface area contributed by atoms with Crippen LogP contribution >= 0.6 is 7.82 Å². The van der Waals surface area contributed by atoms with E-state index in [9.17, 15) is 19.0 Å². The average molecular weight is 1140 g/mol. The summed E-state index contributed by atoms with van der Waals surface area (Å²) in [4.78, 5) is 35.2. The van der Waals surface area contributed by atoms with Gasteiger partial charge in [-0.3, -0.25) is 18.6 Å². The standard InChI is InChI=1S/C71H114NO8P/c1-3-5-7-9-11-13-15-17-19-21-23-25-27-28-29-30-31-32-33-34-35-36-37-38-39-40-42-44-46-48-50-52-54-56-58-60-62-64-71(74)80-69(68-79-81(75,76)78-66-65-72)67-77-70(73)63-61-59-57-55-53-51-49-47-45-43-41-26-24-22-20-18-16-14-12-10-8-6-4-2/h5,7,11,13,16-19,22-25,28-29,31-32,34-35,37-38,40-43,46,48,52,54,69H,3-4,6,8-10,12,14-15,20-21,26-27,30,33,36,39,44-45,47,49-51,53,55-68,72H2,1-2H3,(H,75,76)/b7-5-,13-11-,18-16-,19-17-,24-22-,25-23-,29-28-,32-31-,35-34-,38-37-,42-40-,43-41-,48-46-,54-52-. The maximum Gasteiger partial charge on any atom is 0.472 e. The molecule has 0 aliphatic rings. The molecule has 456 valence electrons. The molecule has 81 heavy (non-hydrogen) atoms. The third-order valence-corrected chi connectivity index (χ3v) is 13.6. The molecule has 0 aromatic carbocycles. The van der Waals surface area contributed by atoms with Crippen LogP contribution in [0, 0.1) is 0 Å². The summed E-state index contributed by atoms with van der Waals surface area (Å²) in [6.45, 7) is 3.55. The summed E-state index contributed by atoms with van der Waals surface area (Å²) in [6.07, 6.45) is 95.6. The first kappa shape index (κ1) is 76.4. The van der Waals surface area contributed by atoms with Crippen molar-refractivity contribution in [2.45, 2.75) is 238 Å². The van der Waals surface area contributed by atoms with E-state index in [1.165, 1.54) is 64.2 Å². The van der Waals surface area contributed by atoms with E-state index in [-0.39, 0.29) is 32.6 Å². The molecule has 0 aliphatic carbocycles. The molecule has 0 bridgehead atoms. The number of carbonyl (C=O) groups is 2. The van der Waals surface area contributed by atoms with Gasteiger partial charge in [-0.15, -0.1) is 0 Å². The highest BCUT2D eigenvalue weighted by Gasteiger charge is 2.26. The van der Waals surface area contributed by atoms with Crippen molar-refractivity contribution in [2.75, 3.05) is 26.4 Å². The van der Waals surface area contributed by atoms with Crippen molar-refractivity contribution in [1.82, 2.24) is 0 Å². The molecule has 0 saturated heterocycles. The van der Waals surface area contributed by atoms with Gasteiger partial charge in [0.1, 0.15) is 6.61 Å². The fourth-order valence-corrected chi connectivity index (χ4v) is 8.71. The third kappa shape index (κ3) is 64.4. The van der Waals surface area contributed by atoms with E-state index in [0.29, 0.717) is 12.8 Å². The lowest BCUT2D eigenvalue weighted by Crippen LogP contribution is -2.29. The maximum absolute atomic E-state index is 12.7. The topological polar surface area (TPSA) is 134 Å². The van der Waals surface area contributed by atoms with E-state index in [1.807, 2.05) is 0 Å². The molecule has 0 saturated carbocycles. The Hall–Kier alpha value is -4.63. The molecule has 0 rings (SSSR count). The number of carbonyl (C=O) groups excluding carboxylic acids is 2. The number of rotatable bonds is 57. The van der Waals surface area contributed by atoms with Crippen molar-refractivity contribution < 1.29 is 37.6 Å². The van der Waals surface area contributed by atoms with E-state index in [4.69, 9.17) is 24.3 Å². The number of unbranched alkanes of at least 4 members (excludes halogenated alkanes) is 16. The second kappa shape index (κ2) is 64.5. The Balaban J connectivity index is 4.11. The molecule has 0 aromatic rings. The number of phosphoric acid groups is 1. The van der Waals surface area contributed by atoms with Crippen molar-refractivity contribution in [3.05, 3.63) is 170 Å². The summed E-state index contributed by atoms with van der Waals surface area (Å²) in [6, 6.07) is 0. The number of hydrogen-bond donors (Lipinski definition) is 2. The van der Waals surface area contributed by atoms with Crippen LogP contribution in [0.1, 0.15) is 232 Å². The van der Waals surface area contributed by atoms with Crippen LogP contribution in [0.4, 0.5) is 0 Å². The Morgan fingerprint density at radius 2 is 0.679 bits per heavy atom. The summed E-state index contributed by atoms with van der Waals surface area (Å²) < 4.78 is 33.0. The molecule has 0 amide bonds. The maximum atomic E-state index is 12.7. The highest BCUT2D eigenvalue weighted by Crippen LogP contribution is 2.43. The fourth-order valence-electron chi connectivity index (χ4n) is 7.94. The normalized spacial score (nSPS) is 14.2. The lowest BCUT2D eigenvalue weighted by Gasteiger charge is -2.19. The number of allylic oxidation sites excluding steroid dienone is 28. The smallest absolute Gasteiger partial charge is 0.462 e. The number of esters is 2. The van der Waals surface area contributed by atoms with Crippen LogP contribution in [-0.2, 0) is 32.7 Å². The second-order valence-electron chi connectivity index (χ2n) is 20.2. The second-order valence-corrected chi connectivity index (χ2v) is 21.6. The molecule has 2 unspecified atom stereocenters. The summed E-state index contributed by atoms with van der Waals surface area (Å²) >= 11 is 0. The molecule has 0 aromatic heterocycles. The highest BCUT2D eigenvalue weighted by molar-refractivity contribution is 7.47. The minimum Gasteiger partial charge on any atom is -0.462 e. The highest BCUT2D eigenvalue weighted by atomic mass is 31.2. The molecule has 10 heteroatoms. The zero-order valence-electron chi connectivity index (χ0n) is 50.9. The number of phosphoric ester groups is 1. The predicted molar refractivity (Wildman–Crippen MR) is 348 cm³/mol. The summed E-state index contributed by atoms with van der Waals surface area (Å²) in [5.74, 6) is -0.887. The SMILES string of the molecule is CC/C=C\C/C=C\C/C=C\C/C=C\C/C=C\C/C=C\C/C=C\C/C=C\C/C=C\C/C=C\C/C=C\CCCCCC(=O)OC(COC(=O)CCCCCCCCCC/C=C\C/C=C\C/C=C\CCCCCCC)COP(=O)(O)OCCN. The van der Waals surface area contributed by atoms with Crippen LogP contribution in [-0.4, -0.2) is 49.3 Å². The first-order valence-electron chi connectivity index (χ1n) is 31.6. The Morgan fingerprint density at radius 1 is 0.383 bits per heavy atom. The largest absolute Gasteiger partial charge is 0.472 e. The first-order valence-corrected chi connectivity index (χ1v) is 33.1. The Bertz CT molecular complexity index is 1930. The monoisotopic (exact) mass is 1140 g/mol. The van der Waals surface area contributed by atoms with E-state index < -0.39 is 32.5 Å². The van der Waals surface area contributed by atoms with E-state index >= 15 is 0 Å². The number of ether oxygens (including phenoxy) is 2. The van der Waals surface area contributed by atoms with E-state index in [0.717, 1.165) is 128 Å². The van der Waals surface area contributed by atoms with Gasteiger partial charge in [0.25, 0.3) is 0 Å². The molecule has 0 fully saturated rings. The van der Waals surface area contributed by atoms with E-state index in [2.05, 4.69) is 184 Å².